The standard InChI is InChI=1S/C13H19NO3/c1-4-10(3)17-13(15)14-11-6-8-12(9-7-11)16-5-2/h6-10H,4-5H2,1-3H3,(H,14,15)/t10-/m1/s1. The smallest absolute Gasteiger partial charge is 0.411 e. The molecule has 0 saturated heterocycles. The number of carbonyl (C=O) groups excluding carboxylic acids is 1. The first-order chi connectivity index (χ1) is 8.15. The highest BCUT2D eigenvalue weighted by Gasteiger charge is 2.07. The van der Waals surface area contributed by atoms with Gasteiger partial charge in [-0.2, -0.15) is 0 Å². The lowest BCUT2D eigenvalue weighted by Crippen LogP contribution is -2.19. The van der Waals surface area contributed by atoms with Crippen LogP contribution in [0.1, 0.15) is 27.2 Å². The molecule has 1 aromatic rings. The zero-order valence-electron chi connectivity index (χ0n) is 10.5. The Bertz CT molecular complexity index is 348. The maximum absolute atomic E-state index is 11.4. The van der Waals surface area contributed by atoms with Gasteiger partial charge < -0.3 is 9.47 Å². The summed E-state index contributed by atoms with van der Waals surface area (Å²) >= 11 is 0. The Labute approximate surface area is 102 Å². The van der Waals surface area contributed by atoms with Gasteiger partial charge in [-0.3, -0.25) is 5.32 Å². The van der Waals surface area contributed by atoms with Crippen LogP contribution in [0, 0.1) is 0 Å². The van der Waals surface area contributed by atoms with Gasteiger partial charge in [0.05, 0.1) is 6.61 Å². The van der Waals surface area contributed by atoms with Crippen LogP contribution >= 0.6 is 0 Å². The average molecular weight is 237 g/mol. The molecule has 0 radical (unpaired) electrons. The van der Waals surface area contributed by atoms with Gasteiger partial charge in [-0.25, -0.2) is 4.79 Å². The van der Waals surface area contributed by atoms with Crippen molar-refractivity contribution in [3.05, 3.63) is 24.3 Å². The van der Waals surface area contributed by atoms with Gasteiger partial charge in [0.2, 0.25) is 0 Å². The molecule has 0 bridgehead atoms. The summed E-state index contributed by atoms with van der Waals surface area (Å²) in [5, 5.41) is 2.66. The van der Waals surface area contributed by atoms with E-state index in [2.05, 4.69) is 5.32 Å². The van der Waals surface area contributed by atoms with Crippen molar-refractivity contribution in [1.29, 1.82) is 0 Å². The van der Waals surface area contributed by atoms with Gasteiger partial charge in [-0.05, 0) is 44.5 Å². The van der Waals surface area contributed by atoms with Crippen LogP contribution in [0.25, 0.3) is 0 Å². The zero-order valence-corrected chi connectivity index (χ0v) is 10.5. The molecule has 17 heavy (non-hydrogen) atoms. The van der Waals surface area contributed by atoms with E-state index in [-0.39, 0.29) is 6.10 Å². The number of amides is 1. The van der Waals surface area contributed by atoms with E-state index in [4.69, 9.17) is 9.47 Å². The van der Waals surface area contributed by atoms with Crippen molar-refractivity contribution in [2.75, 3.05) is 11.9 Å². The molecule has 0 heterocycles. The molecule has 1 aromatic carbocycles. The van der Waals surface area contributed by atoms with Crippen LogP contribution in [0.2, 0.25) is 0 Å². The third kappa shape index (κ3) is 4.76. The largest absolute Gasteiger partial charge is 0.494 e. The van der Waals surface area contributed by atoms with Gasteiger partial charge in [0.25, 0.3) is 0 Å². The molecular weight excluding hydrogens is 218 g/mol. The number of hydrogen-bond acceptors (Lipinski definition) is 3. The first-order valence-corrected chi connectivity index (χ1v) is 5.86. The lowest BCUT2D eigenvalue weighted by Gasteiger charge is -2.12. The fourth-order valence-electron chi connectivity index (χ4n) is 1.21. The van der Waals surface area contributed by atoms with E-state index in [0.717, 1.165) is 12.2 Å². The van der Waals surface area contributed by atoms with Crippen molar-refractivity contribution < 1.29 is 14.3 Å². The monoisotopic (exact) mass is 237 g/mol. The summed E-state index contributed by atoms with van der Waals surface area (Å²) in [6.45, 7) is 6.38. The second-order valence-electron chi connectivity index (χ2n) is 3.71. The van der Waals surface area contributed by atoms with Crippen LogP contribution < -0.4 is 10.1 Å². The topological polar surface area (TPSA) is 47.6 Å². The second kappa shape index (κ2) is 6.78. The highest BCUT2D eigenvalue weighted by molar-refractivity contribution is 5.84. The number of carbonyl (C=O) groups is 1. The molecule has 1 rings (SSSR count). The molecule has 0 spiro atoms. The minimum atomic E-state index is -0.427. The number of nitrogens with one attached hydrogen (secondary N) is 1. The van der Waals surface area contributed by atoms with Crippen molar-refractivity contribution in [3.63, 3.8) is 0 Å². The summed E-state index contributed by atoms with van der Waals surface area (Å²) in [5.74, 6) is 0.786. The number of anilines is 1. The van der Waals surface area contributed by atoms with Crippen LogP contribution in [-0.2, 0) is 4.74 Å². The molecule has 0 aliphatic carbocycles. The first kappa shape index (κ1) is 13.4. The van der Waals surface area contributed by atoms with Gasteiger partial charge in [-0.1, -0.05) is 6.92 Å². The molecule has 94 valence electrons. The molecule has 0 aromatic heterocycles. The predicted octanol–water partition coefficient (Wildman–Crippen LogP) is 3.43. The van der Waals surface area contributed by atoms with Gasteiger partial charge in [-0.15, -0.1) is 0 Å². The van der Waals surface area contributed by atoms with Gasteiger partial charge in [0.15, 0.2) is 0 Å². The van der Waals surface area contributed by atoms with Crippen molar-refractivity contribution in [3.8, 4) is 5.75 Å². The maximum atomic E-state index is 11.4. The predicted molar refractivity (Wildman–Crippen MR) is 67.5 cm³/mol. The van der Waals surface area contributed by atoms with Gasteiger partial charge in [0, 0.05) is 5.69 Å². The molecule has 0 saturated carbocycles. The third-order valence-electron chi connectivity index (χ3n) is 2.29. The molecular formula is C13H19NO3. The van der Waals surface area contributed by atoms with E-state index in [9.17, 15) is 4.79 Å². The minimum absolute atomic E-state index is 0.0716. The molecule has 1 N–H and O–H groups in total. The maximum Gasteiger partial charge on any atom is 0.411 e. The quantitative estimate of drug-likeness (QED) is 0.853. The fourth-order valence-corrected chi connectivity index (χ4v) is 1.21. The summed E-state index contributed by atoms with van der Waals surface area (Å²) in [6, 6.07) is 7.18. The summed E-state index contributed by atoms with van der Waals surface area (Å²) in [6.07, 6.45) is 0.303. The van der Waals surface area contributed by atoms with E-state index < -0.39 is 6.09 Å². The normalized spacial score (nSPS) is 11.7. The van der Waals surface area contributed by atoms with Crippen molar-refractivity contribution >= 4 is 11.8 Å². The Kier molecular flexibility index (Phi) is 5.33. The highest BCUT2D eigenvalue weighted by atomic mass is 16.6. The van der Waals surface area contributed by atoms with Crippen LogP contribution in [0.15, 0.2) is 24.3 Å². The zero-order chi connectivity index (χ0) is 12.7. The van der Waals surface area contributed by atoms with E-state index in [0.29, 0.717) is 12.3 Å². The molecule has 1 atom stereocenters. The summed E-state index contributed by atoms with van der Waals surface area (Å²) in [7, 11) is 0. The Balaban J connectivity index is 2.48. The van der Waals surface area contributed by atoms with Crippen LogP contribution in [-0.4, -0.2) is 18.8 Å². The molecule has 0 aliphatic heterocycles. The van der Waals surface area contributed by atoms with E-state index in [1.54, 1.807) is 12.1 Å². The minimum Gasteiger partial charge on any atom is -0.494 e. The average Bonchev–Trinajstić information content (AvgIpc) is 2.31. The van der Waals surface area contributed by atoms with Crippen LogP contribution in [0.4, 0.5) is 10.5 Å². The first-order valence-electron chi connectivity index (χ1n) is 5.86. The van der Waals surface area contributed by atoms with Crippen molar-refractivity contribution in [2.45, 2.75) is 33.3 Å². The fraction of sp³-hybridized carbons (Fsp3) is 0.462. The molecule has 0 aliphatic rings. The number of hydrogen-bond donors (Lipinski definition) is 1. The number of ether oxygens (including phenoxy) is 2. The van der Waals surface area contributed by atoms with Gasteiger partial charge >= 0.3 is 6.09 Å². The molecule has 4 nitrogen and oxygen atoms in total. The lowest BCUT2D eigenvalue weighted by molar-refractivity contribution is 0.118. The van der Waals surface area contributed by atoms with Gasteiger partial charge in [0.1, 0.15) is 11.9 Å². The molecule has 0 unspecified atom stereocenters. The Morgan fingerprint density at radius 1 is 1.29 bits per heavy atom. The van der Waals surface area contributed by atoms with Crippen molar-refractivity contribution in [1.82, 2.24) is 0 Å². The van der Waals surface area contributed by atoms with E-state index in [1.165, 1.54) is 0 Å². The number of rotatable bonds is 5. The Morgan fingerprint density at radius 3 is 2.47 bits per heavy atom. The highest BCUT2D eigenvalue weighted by Crippen LogP contribution is 2.15. The Morgan fingerprint density at radius 2 is 1.94 bits per heavy atom. The van der Waals surface area contributed by atoms with E-state index >= 15 is 0 Å². The SMILES string of the molecule is CCOc1ccc(NC(=O)O[C@H](C)CC)cc1. The Hall–Kier alpha value is -1.71. The number of benzene rings is 1. The second-order valence-corrected chi connectivity index (χ2v) is 3.71. The lowest BCUT2D eigenvalue weighted by atomic mass is 10.3. The van der Waals surface area contributed by atoms with Crippen molar-refractivity contribution in [2.24, 2.45) is 0 Å². The third-order valence-corrected chi connectivity index (χ3v) is 2.29. The summed E-state index contributed by atoms with van der Waals surface area (Å²) < 4.78 is 10.4. The molecule has 1 amide bonds. The summed E-state index contributed by atoms with van der Waals surface area (Å²) in [5.41, 5.74) is 0.696. The van der Waals surface area contributed by atoms with Crippen LogP contribution in [0.3, 0.4) is 0 Å². The molecule has 4 heteroatoms. The van der Waals surface area contributed by atoms with Crippen LogP contribution in [0.5, 0.6) is 5.75 Å². The molecule has 0 fully saturated rings. The van der Waals surface area contributed by atoms with E-state index in [1.807, 2.05) is 32.9 Å². The summed E-state index contributed by atoms with van der Waals surface area (Å²) in [4.78, 5) is 11.4.